The van der Waals surface area contributed by atoms with Crippen LogP contribution in [0.5, 0.6) is 0 Å². The Morgan fingerprint density at radius 1 is 0.299 bits per heavy atom. The van der Waals surface area contributed by atoms with Gasteiger partial charge in [-0.25, -0.2) is 9.13 Å². The topological polar surface area (TPSA) is 237 Å². The second kappa shape index (κ2) is 68.5. The van der Waals surface area contributed by atoms with Crippen molar-refractivity contribution in [3.8, 4) is 0 Å². The first kappa shape index (κ1) is 95.1. The summed E-state index contributed by atoms with van der Waals surface area (Å²) in [4.78, 5) is 72.9. The number of aliphatic hydroxyl groups excluding tert-OH is 1. The second-order valence-corrected chi connectivity index (χ2v) is 32.0. The molecule has 0 aromatic rings. The van der Waals surface area contributed by atoms with E-state index in [1.54, 1.807) is 0 Å². The molecule has 0 fully saturated rings. The predicted octanol–water partition coefficient (Wildman–Crippen LogP) is 23.0. The Morgan fingerprint density at radius 2 is 0.526 bits per heavy atom. The number of hydrogen-bond acceptors (Lipinski definition) is 15. The number of aliphatic hydroxyl groups is 1. The molecular formula is C78H152O17P2. The Labute approximate surface area is 594 Å². The molecule has 0 rings (SSSR count). The zero-order valence-electron chi connectivity index (χ0n) is 63.5. The van der Waals surface area contributed by atoms with E-state index in [1.807, 2.05) is 0 Å². The third kappa shape index (κ3) is 69.5. The summed E-state index contributed by atoms with van der Waals surface area (Å²) in [5, 5.41) is 10.6. The first-order chi connectivity index (χ1) is 46.8. The molecule has 0 saturated carbocycles. The van der Waals surface area contributed by atoms with E-state index in [9.17, 15) is 43.2 Å². The molecule has 0 radical (unpaired) electrons. The third-order valence-electron chi connectivity index (χ3n) is 18.9. The Morgan fingerprint density at radius 3 is 0.784 bits per heavy atom. The van der Waals surface area contributed by atoms with Crippen molar-refractivity contribution in [2.24, 2.45) is 17.8 Å². The van der Waals surface area contributed by atoms with Crippen LogP contribution >= 0.6 is 15.6 Å². The predicted molar refractivity (Wildman–Crippen MR) is 395 cm³/mol. The van der Waals surface area contributed by atoms with Crippen LogP contribution in [-0.2, 0) is 65.4 Å². The molecule has 0 amide bonds. The van der Waals surface area contributed by atoms with E-state index in [0.29, 0.717) is 25.7 Å². The number of esters is 4. The zero-order chi connectivity index (χ0) is 71.6. The van der Waals surface area contributed by atoms with Gasteiger partial charge in [-0.2, -0.15) is 0 Å². The summed E-state index contributed by atoms with van der Waals surface area (Å²) >= 11 is 0. The molecular weight excluding hydrogens is 1270 g/mol. The number of carbonyl (C=O) groups excluding carboxylic acids is 4. The summed E-state index contributed by atoms with van der Waals surface area (Å²) in [7, 11) is -9.91. The number of phosphoric ester groups is 2. The highest BCUT2D eigenvalue weighted by Crippen LogP contribution is 2.45. The number of ether oxygens (including phenoxy) is 4. The molecule has 0 bridgehead atoms. The largest absolute Gasteiger partial charge is 0.472 e. The average molecular weight is 1420 g/mol. The highest BCUT2D eigenvalue weighted by molar-refractivity contribution is 7.47. The fraction of sp³-hybridized carbons (Fsp3) is 0.949. The highest BCUT2D eigenvalue weighted by atomic mass is 31.2. The van der Waals surface area contributed by atoms with Gasteiger partial charge in [-0.3, -0.25) is 37.3 Å². The molecule has 97 heavy (non-hydrogen) atoms. The maximum absolute atomic E-state index is 13.1. The minimum atomic E-state index is -4.96. The van der Waals surface area contributed by atoms with Crippen LogP contribution in [0.1, 0.15) is 402 Å². The summed E-state index contributed by atoms with van der Waals surface area (Å²) in [5.41, 5.74) is 0. The van der Waals surface area contributed by atoms with Crippen LogP contribution in [-0.4, -0.2) is 96.7 Å². The summed E-state index contributed by atoms with van der Waals surface area (Å²) in [6.45, 7) is 12.0. The van der Waals surface area contributed by atoms with E-state index < -0.39 is 97.5 Å². The molecule has 0 aliphatic rings. The first-order valence-electron chi connectivity index (χ1n) is 40.4. The Kier molecular flexibility index (Phi) is 67.1. The van der Waals surface area contributed by atoms with Gasteiger partial charge in [0.25, 0.3) is 0 Å². The lowest BCUT2D eigenvalue weighted by atomic mass is 9.99. The van der Waals surface area contributed by atoms with Crippen molar-refractivity contribution in [1.29, 1.82) is 0 Å². The van der Waals surface area contributed by atoms with E-state index in [4.69, 9.17) is 37.0 Å². The van der Waals surface area contributed by atoms with Crippen molar-refractivity contribution >= 4 is 39.5 Å². The van der Waals surface area contributed by atoms with Crippen molar-refractivity contribution in [1.82, 2.24) is 0 Å². The van der Waals surface area contributed by atoms with Crippen molar-refractivity contribution in [2.75, 3.05) is 39.6 Å². The molecule has 7 atom stereocenters. The molecule has 0 aliphatic heterocycles. The maximum Gasteiger partial charge on any atom is 0.472 e. The quantitative estimate of drug-likeness (QED) is 0.0222. The van der Waals surface area contributed by atoms with Crippen LogP contribution in [0, 0.1) is 17.8 Å². The second-order valence-electron chi connectivity index (χ2n) is 29.1. The molecule has 0 heterocycles. The van der Waals surface area contributed by atoms with Gasteiger partial charge >= 0.3 is 39.5 Å². The van der Waals surface area contributed by atoms with Crippen LogP contribution < -0.4 is 0 Å². The molecule has 19 heteroatoms. The molecule has 576 valence electrons. The van der Waals surface area contributed by atoms with E-state index in [-0.39, 0.29) is 25.7 Å². The molecule has 4 unspecified atom stereocenters. The molecule has 0 aliphatic carbocycles. The zero-order valence-corrected chi connectivity index (χ0v) is 65.3. The number of unbranched alkanes of at least 4 members (excludes halogenated alkanes) is 42. The Bertz CT molecular complexity index is 1890. The Balaban J connectivity index is 5.25. The fourth-order valence-corrected chi connectivity index (χ4v) is 13.5. The first-order valence-corrected chi connectivity index (χ1v) is 43.4. The van der Waals surface area contributed by atoms with Crippen molar-refractivity contribution < 1.29 is 80.2 Å². The summed E-state index contributed by atoms with van der Waals surface area (Å²) in [6, 6.07) is 0. The van der Waals surface area contributed by atoms with Crippen molar-refractivity contribution in [3.63, 3.8) is 0 Å². The summed E-state index contributed by atoms with van der Waals surface area (Å²) in [6.07, 6.45) is 55.4. The van der Waals surface area contributed by atoms with E-state index >= 15 is 0 Å². The fourth-order valence-electron chi connectivity index (χ4n) is 11.9. The standard InChI is InChI=1S/C78H152O17P2/c1-8-11-12-13-14-15-16-27-33-38-47-54-61-77(82)95-74(66-89-76(81)60-53-46-41-40-44-51-58-71(7)10-3)68-93-97(86,87)91-64-72(79)63-90-96(84,85)92-67-73(65-88-75(80)59-52-45-37-32-28-23-19-17-21-25-30-35-42-49-56-69(4)5)94-78(83)62-55-48-39-34-29-24-20-18-22-26-31-36-43-50-57-70(6)9-2/h69-74,79H,8-68H2,1-7H3,(H,84,85)(H,86,87)/t70?,71?,72-,73-,74-/m1/s1. The van der Waals surface area contributed by atoms with Gasteiger partial charge in [0.2, 0.25) is 0 Å². The number of phosphoric acid groups is 2. The number of rotatable bonds is 76. The lowest BCUT2D eigenvalue weighted by molar-refractivity contribution is -0.161. The van der Waals surface area contributed by atoms with E-state index in [1.165, 1.54) is 205 Å². The van der Waals surface area contributed by atoms with E-state index in [0.717, 1.165) is 114 Å². The lowest BCUT2D eigenvalue weighted by Gasteiger charge is -2.21. The van der Waals surface area contributed by atoms with Gasteiger partial charge < -0.3 is 33.8 Å². The SMILES string of the molecule is CCCCCCCCCCCCCCC(=O)O[C@H](COC(=O)CCCCCCCCC(C)CC)COP(=O)(O)OC[C@H](O)COP(=O)(O)OC[C@@H](COC(=O)CCCCCCCCCCCCCCCCC(C)C)OC(=O)CCCCCCCCCCCCCCCCC(C)CC. The summed E-state index contributed by atoms with van der Waals surface area (Å²) in [5.74, 6) is 0.261. The minimum absolute atomic E-state index is 0.106. The monoisotopic (exact) mass is 1420 g/mol. The lowest BCUT2D eigenvalue weighted by Crippen LogP contribution is -2.30. The normalized spacial score (nSPS) is 14.6. The van der Waals surface area contributed by atoms with Gasteiger partial charge in [-0.15, -0.1) is 0 Å². The minimum Gasteiger partial charge on any atom is -0.462 e. The summed E-state index contributed by atoms with van der Waals surface area (Å²) < 4.78 is 68.6. The van der Waals surface area contributed by atoms with Gasteiger partial charge in [0.05, 0.1) is 26.4 Å². The van der Waals surface area contributed by atoms with Gasteiger partial charge in [-0.1, -0.05) is 350 Å². The van der Waals surface area contributed by atoms with Crippen LogP contribution in [0.25, 0.3) is 0 Å². The smallest absolute Gasteiger partial charge is 0.462 e. The third-order valence-corrected chi connectivity index (χ3v) is 20.8. The van der Waals surface area contributed by atoms with Crippen LogP contribution in [0.3, 0.4) is 0 Å². The van der Waals surface area contributed by atoms with Gasteiger partial charge in [0.15, 0.2) is 12.2 Å². The number of carbonyl (C=O) groups is 4. The van der Waals surface area contributed by atoms with Crippen LogP contribution in [0.4, 0.5) is 0 Å². The highest BCUT2D eigenvalue weighted by Gasteiger charge is 2.30. The molecule has 0 aromatic heterocycles. The van der Waals surface area contributed by atoms with E-state index in [2.05, 4.69) is 48.5 Å². The molecule has 0 saturated heterocycles. The molecule has 0 aromatic carbocycles. The van der Waals surface area contributed by atoms with Crippen LogP contribution in [0.2, 0.25) is 0 Å². The molecule has 3 N–H and O–H groups in total. The molecule has 17 nitrogen and oxygen atoms in total. The van der Waals surface area contributed by atoms with Gasteiger partial charge in [0.1, 0.15) is 19.3 Å². The van der Waals surface area contributed by atoms with Gasteiger partial charge in [0, 0.05) is 25.7 Å². The Hall–Kier alpha value is -1.94. The van der Waals surface area contributed by atoms with Gasteiger partial charge in [-0.05, 0) is 43.4 Å². The maximum atomic E-state index is 13.1. The van der Waals surface area contributed by atoms with Crippen molar-refractivity contribution in [3.05, 3.63) is 0 Å². The van der Waals surface area contributed by atoms with Crippen LogP contribution in [0.15, 0.2) is 0 Å². The van der Waals surface area contributed by atoms with Crippen molar-refractivity contribution in [2.45, 2.75) is 420 Å². The number of hydrogen-bond donors (Lipinski definition) is 3. The average Bonchev–Trinajstić information content (AvgIpc) is 1.17. The molecule has 0 spiro atoms.